The van der Waals surface area contributed by atoms with E-state index in [0.717, 1.165) is 16.9 Å². The first-order chi connectivity index (χ1) is 15.7. The summed E-state index contributed by atoms with van der Waals surface area (Å²) in [6.45, 7) is 5.36. The van der Waals surface area contributed by atoms with E-state index in [1.165, 1.54) is 12.1 Å². The summed E-state index contributed by atoms with van der Waals surface area (Å²) in [5.41, 5.74) is 3.08. The summed E-state index contributed by atoms with van der Waals surface area (Å²) in [4.78, 5) is 12.4. The molecule has 3 aromatic rings. The van der Waals surface area contributed by atoms with E-state index < -0.39 is 10.0 Å². The van der Waals surface area contributed by atoms with Crippen LogP contribution in [0.3, 0.4) is 0 Å². The van der Waals surface area contributed by atoms with E-state index in [-0.39, 0.29) is 23.5 Å². The lowest BCUT2D eigenvalue weighted by molar-refractivity contribution is -0.123. The van der Waals surface area contributed by atoms with Gasteiger partial charge in [-0.1, -0.05) is 29.8 Å². The largest absolute Gasteiger partial charge is 0.497 e. The molecule has 3 rings (SSSR count). The maximum absolute atomic E-state index is 12.7. The number of amides is 1. The monoisotopic (exact) mass is 468 g/mol. The number of hydrogen-bond donors (Lipinski definition) is 2. The van der Waals surface area contributed by atoms with Crippen molar-refractivity contribution in [3.63, 3.8) is 0 Å². The van der Waals surface area contributed by atoms with Crippen molar-refractivity contribution in [1.29, 1.82) is 0 Å². The first-order valence-electron chi connectivity index (χ1n) is 10.4. The first kappa shape index (κ1) is 24.1. The SMILES string of the molecule is COc1ccc(C(C)NC(=O)COc2ccc(S(=O)(=O)Nc3ccc(C)cc3)cc2C)cc1. The van der Waals surface area contributed by atoms with E-state index in [2.05, 4.69) is 10.0 Å². The summed E-state index contributed by atoms with van der Waals surface area (Å²) < 4.78 is 38.7. The van der Waals surface area contributed by atoms with Crippen LogP contribution in [-0.2, 0) is 14.8 Å². The molecule has 0 heterocycles. The van der Waals surface area contributed by atoms with Crippen molar-refractivity contribution in [2.45, 2.75) is 31.7 Å². The highest BCUT2D eigenvalue weighted by molar-refractivity contribution is 7.92. The molecule has 2 N–H and O–H groups in total. The van der Waals surface area contributed by atoms with Gasteiger partial charge in [0.15, 0.2) is 6.61 Å². The summed E-state index contributed by atoms with van der Waals surface area (Å²) in [5, 5.41) is 2.88. The predicted molar refractivity (Wildman–Crippen MR) is 128 cm³/mol. The minimum Gasteiger partial charge on any atom is -0.497 e. The molecule has 1 atom stereocenters. The Morgan fingerprint density at radius 2 is 1.64 bits per heavy atom. The van der Waals surface area contributed by atoms with Gasteiger partial charge in [-0.25, -0.2) is 8.42 Å². The van der Waals surface area contributed by atoms with Gasteiger partial charge in [-0.3, -0.25) is 9.52 Å². The zero-order chi connectivity index (χ0) is 24.0. The maximum atomic E-state index is 12.7. The van der Waals surface area contributed by atoms with E-state index in [9.17, 15) is 13.2 Å². The molecule has 0 aliphatic heterocycles. The summed E-state index contributed by atoms with van der Waals surface area (Å²) in [7, 11) is -2.14. The number of hydrogen-bond acceptors (Lipinski definition) is 5. The molecule has 0 fully saturated rings. The van der Waals surface area contributed by atoms with Gasteiger partial charge in [0.2, 0.25) is 0 Å². The smallest absolute Gasteiger partial charge is 0.261 e. The number of benzene rings is 3. The van der Waals surface area contributed by atoms with Gasteiger partial charge in [-0.05, 0) is 74.4 Å². The number of anilines is 1. The second kappa shape index (κ2) is 10.4. The Bertz CT molecular complexity index is 1210. The van der Waals surface area contributed by atoms with Crippen LogP contribution in [0.25, 0.3) is 0 Å². The third-order valence-electron chi connectivity index (χ3n) is 5.11. The van der Waals surface area contributed by atoms with Crippen LogP contribution in [0, 0.1) is 13.8 Å². The summed E-state index contributed by atoms with van der Waals surface area (Å²) >= 11 is 0. The number of methoxy groups -OCH3 is 1. The quantitative estimate of drug-likeness (QED) is 0.486. The van der Waals surface area contributed by atoms with Gasteiger partial charge in [0.25, 0.3) is 15.9 Å². The molecule has 1 amide bonds. The molecule has 0 aromatic heterocycles. The van der Waals surface area contributed by atoms with Crippen LogP contribution in [-0.4, -0.2) is 28.0 Å². The Balaban J connectivity index is 1.59. The zero-order valence-corrected chi connectivity index (χ0v) is 19.9. The highest BCUT2D eigenvalue weighted by Crippen LogP contribution is 2.24. The Hall–Kier alpha value is -3.52. The molecule has 0 spiro atoms. The molecule has 0 radical (unpaired) electrons. The van der Waals surface area contributed by atoms with Crippen LogP contribution < -0.4 is 19.5 Å². The van der Waals surface area contributed by atoms with Crippen molar-refractivity contribution in [2.75, 3.05) is 18.4 Å². The molecule has 3 aromatic carbocycles. The molecule has 7 nitrogen and oxygen atoms in total. The Labute approximate surface area is 194 Å². The van der Waals surface area contributed by atoms with Crippen LogP contribution in [0.2, 0.25) is 0 Å². The van der Waals surface area contributed by atoms with Crippen LogP contribution >= 0.6 is 0 Å². The number of rotatable bonds is 9. The maximum Gasteiger partial charge on any atom is 0.261 e. The lowest BCUT2D eigenvalue weighted by atomic mass is 10.1. The molecule has 0 aliphatic rings. The number of ether oxygens (including phenoxy) is 2. The van der Waals surface area contributed by atoms with Gasteiger partial charge in [0, 0.05) is 5.69 Å². The highest BCUT2D eigenvalue weighted by atomic mass is 32.2. The number of nitrogens with one attached hydrogen (secondary N) is 2. The van der Waals surface area contributed by atoms with Gasteiger partial charge in [-0.2, -0.15) is 0 Å². The van der Waals surface area contributed by atoms with E-state index in [1.54, 1.807) is 32.2 Å². The van der Waals surface area contributed by atoms with Gasteiger partial charge in [-0.15, -0.1) is 0 Å². The second-order valence-corrected chi connectivity index (χ2v) is 9.43. The van der Waals surface area contributed by atoms with Crippen molar-refractivity contribution in [3.8, 4) is 11.5 Å². The second-order valence-electron chi connectivity index (χ2n) is 7.75. The molecule has 8 heteroatoms. The first-order valence-corrected chi connectivity index (χ1v) is 11.9. The molecule has 174 valence electrons. The number of sulfonamides is 1. The number of carbonyl (C=O) groups is 1. The standard InChI is InChI=1S/C25H28N2O5S/c1-17-5-9-21(10-6-17)27-33(29,30)23-13-14-24(18(2)15-23)32-16-25(28)26-19(3)20-7-11-22(31-4)12-8-20/h5-15,19,27H,16H2,1-4H3,(H,26,28). The van der Waals surface area contributed by atoms with Gasteiger partial charge < -0.3 is 14.8 Å². The molecule has 0 aliphatic carbocycles. The fraction of sp³-hybridized carbons (Fsp3) is 0.240. The molecule has 0 saturated carbocycles. The van der Waals surface area contributed by atoms with Gasteiger partial charge in [0.1, 0.15) is 11.5 Å². The lowest BCUT2D eigenvalue weighted by Crippen LogP contribution is -2.31. The summed E-state index contributed by atoms with van der Waals surface area (Å²) in [5.74, 6) is 0.905. The van der Waals surface area contributed by atoms with Crippen molar-refractivity contribution in [3.05, 3.63) is 83.4 Å². The summed E-state index contributed by atoms with van der Waals surface area (Å²) in [6, 6.07) is 18.9. The predicted octanol–water partition coefficient (Wildman–Crippen LogP) is 4.37. The third-order valence-corrected chi connectivity index (χ3v) is 6.49. The summed E-state index contributed by atoms with van der Waals surface area (Å²) in [6.07, 6.45) is 0. The van der Waals surface area contributed by atoms with Crippen molar-refractivity contribution in [2.24, 2.45) is 0 Å². The van der Waals surface area contributed by atoms with E-state index in [0.29, 0.717) is 17.0 Å². The normalized spacial score (nSPS) is 12.0. The minimum atomic E-state index is -3.74. The third kappa shape index (κ3) is 6.49. The van der Waals surface area contributed by atoms with Gasteiger partial charge >= 0.3 is 0 Å². The molecule has 1 unspecified atom stereocenters. The average Bonchev–Trinajstić information content (AvgIpc) is 2.79. The number of carbonyl (C=O) groups excluding carboxylic acids is 1. The fourth-order valence-electron chi connectivity index (χ4n) is 3.19. The van der Waals surface area contributed by atoms with Crippen molar-refractivity contribution < 1.29 is 22.7 Å². The highest BCUT2D eigenvalue weighted by Gasteiger charge is 2.17. The Morgan fingerprint density at radius 1 is 0.970 bits per heavy atom. The molecule has 0 saturated heterocycles. The van der Waals surface area contributed by atoms with E-state index in [4.69, 9.17) is 9.47 Å². The topological polar surface area (TPSA) is 93.7 Å². The average molecular weight is 469 g/mol. The van der Waals surface area contributed by atoms with Crippen molar-refractivity contribution >= 4 is 21.6 Å². The van der Waals surface area contributed by atoms with Crippen LogP contribution in [0.15, 0.2) is 71.6 Å². The van der Waals surface area contributed by atoms with Crippen LogP contribution in [0.1, 0.15) is 29.7 Å². The molecule has 0 bridgehead atoms. The number of aryl methyl sites for hydroxylation is 2. The zero-order valence-electron chi connectivity index (χ0n) is 19.1. The van der Waals surface area contributed by atoms with Crippen molar-refractivity contribution in [1.82, 2.24) is 5.32 Å². The lowest BCUT2D eigenvalue weighted by Gasteiger charge is -2.16. The molecular weight excluding hydrogens is 440 g/mol. The Kier molecular flexibility index (Phi) is 7.60. The van der Waals surface area contributed by atoms with Gasteiger partial charge in [0.05, 0.1) is 18.0 Å². The van der Waals surface area contributed by atoms with Crippen LogP contribution in [0.5, 0.6) is 11.5 Å². The minimum absolute atomic E-state index is 0.116. The van der Waals surface area contributed by atoms with E-state index in [1.807, 2.05) is 50.2 Å². The van der Waals surface area contributed by atoms with E-state index >= 15 is 0 Å². The fourth-order valence-corrected chi connectivity index (χ4v) is 4.33. The van der Waals surface area contributed by atoms with Crippen LogP contribution in [0.4, 0.5) is 5.69 Å². The molecule has 33 heavy (non-hydrogen) atoms. The Morgan fingerprint density at radius 3 is 2.24 bits per heavy atom. The molecular formula is C25H28N2O5S.